The molecule has 1 N–H and O–H groups in total. The first-order chi connectivity index (χ1) is 7.65. The number of aryl methyl sites for hydroxylation is 1. The molecule has 16 heavy (non-hydrogen) atoms. The fraction of sp³-hybridized carbons (Fsp3) is 0.200. The molecule has 84 valence electrons. The SMILES string of the molecule is Cc1nnc(NCc2ccc(F)c(Cl)c2)s1. The van der Waals surface area contributed by atoms with Gasteiger partial charge in [0.2, 0.25) is 5.13 Å². The first-order valence-electron chi connectivity index (χ1n) is 4.63. The van der Waals surface area contributed by atoms with Crippen LogP contribution < -0.4 is 5.32 Å². The van der Waals surface area contributed by atoms with E-state index < -0.39 is 5.82 Å². The van der Waals surface area contributed by atoms with Crippen LogP contribution in [0.1, 0.15) is 10.6 Å². The van der Waals surface area contributed by atoms with Crippen molar-refractivity contribution in [2.75, 3.05) is 5.32 Å². The molecule has 6 heteroatoms. The summed E-state index contributed by atoms with van der Waals surface area (Å²) in [6, 6.07) is 4.63. The van der Waals surface area contributed by atoms with E-state index in [-0.39, 0.29) is 5.02 Å². The lowest BCUT2D eigenvalue weighted by Gasteiger charge is -2.03. The van der Waals surface area contributed by atoms with E-state index >= 15 is 0 Å². The van der Waals surface area contributed by atoms with Gasteiger partial charge in [0.15, 0.2) is 0 Å². The van der Waals surface area contributed by atoms with Crippen LogP contribution in [-0.4, -0.2) is 10.2 Å². The summed E-state index contributed by atoms with van der Waals surface area (Å²) >= 11 is 7.15. The number of halogens is 2. The van der Waals surface area contributed by atoms with Gasteiger partial charge < -0.3 is 5.32 Å². The van der Waals surface area contributed by atoms with Gasteiger partial charge in [-0.25, -0.2) is 4.39 Å². The minimum absolute atomic E-state index is 0.132. The Hall–Kier alpha value is -1.20. The third kappa shape index (κ3) is 2.68. The molecule has 0 aliphatic heterocycles. The fourth-order valence-electron chi connectivity index (χ4n) is 1.20. The van der Waals surface area contributed by atoms with E-state index in [1.165, 1.54) is 17.4 Å². The molecule has 0 saturated carbocycles. The van der Waals surface area contributed by atoms with Gasteiger partial charge in [0.25, 0.3) is 0 Å². The van der Waals surface area contributed by atoms with Crippen molar-refractivity contribution in [3.63, 3.8) is 0 Å². The maximum absolute atomic E-state index is 12.9. The first kappa shape index (κ1) is 11.3. The highest BCUT2D eigenvalue weighted by atomic mass is 35.5. The number of aromatic nitrogens is 2. The summed E-state index contributed by atoms with van der Waals surface area (Å²) in [6.07, 6.45) is 0. The van der Waals surface area contributed by atoms with Crippen molar-refractivity contribution >= 4 is 28.1 Å². The van der Waals surface area contributed by atoms with Gasteiger partial charge in [-0.05, 0) is 24.6 Å². The van der Waals surface area contributed by atoms with Crippen LogP contribution in [0.25, 0.3) is 0 Å². The topological polar surface area (TPSA) is 37.8 Å². The van der Waals surface area contributed by atoms with Gasteiger partial charge in [0.05, 0.1) is 5.02 Å². The number of nitrogens with zero attached hydrogens (tertiary/aromatic N) is 2. The molecular weight excluding hydrogens is 249 g/mol. The van der Waals surface area contributed by atoms with Gasteiger partial charge in [0.1, 0.15) is 10.8 Å². The Bertz CT molecular complexity index is 501. The maximum atomic E-state index is 12.9. The molecule has 1 heterocycles. The second kappa shape index (κ2) is 4.76. The molecule has 3 nitrogen and oxygen atoms in total. The largest absolute Gasteiger partial charge is 0.356 e. The predicted octanol–water partition coefficient (Wildman–Crippen LogP) is 3.25. The Morgan fingerprint density at radius 2 is 2.25 bits per heavy atom. The molecule has 0 saturated heterocycles. The van der Waals surface area contributed by atoms with Crippen molar-refractivity contribution in [2.24, 2.45) is 0 Å². The van der Waals surface area contributed by atoms with Gasteiger partial charge in [-0.15, -0.1) is 10.2 Å². The molecule has 0 amide bonds. The third-order valence-electron chi connectivity index (χ3n) is 1.95. The molecule has 0 radical (unpaired) electrons. The molecule has 1 aromatic carbocycles. The van der Waals surface area contributed by atoms with E-state index in [0.29, 0.717) is 6.54 Å². The van der Waals surface area contributed by atoms with Crippen molar-refractivity contribution in [2.45, 2.75) is 13.5 Å². The zero-order valence-corrected chi connectivity index (χ0v) is 10.1. The van der Waals surface area contributed by atoms with Gasteiger partial charge in [-0.2, -0.15) is 0 Å². The highest BCUT2D eigenvalue weighted by molar-refractivity contribution is 7.15. The summed E-state index contributed by atoms with van der Waals surface area (Å²) in [6.45, 7) is 2.44. The van der Waals surface area contributed by atoms with Crippen LogP contribution in [-0.2, 0) is 6.54 Å². The summed E-state index contributed by atoms with van der Waals surface area (Å²) in [7, 11) is 0. The molecule has 0 spiro atoms. The molecule has 0 fully saturated rings. The molecule has 1 aromatic heterocycles. The fourth-order valence-corrected chi connectivity index (χ4v) is 1.99. The van der Waals surface area contributed by atoms with E-state index in [1.807, 2.05) is 6.92 Å². The average molecular weight is 258 g/mol. The Labute approximate surface area is 101 Å². The lowest BCUT2D eigenvalue weighted by Crippen LogP contribution is -1.99. The monoisotopic (exact) mass is 257 g/mol. The second-order valence-corrected chi connectivity index (χ2v) is 4.82. The number of benzene rings is 1. The summed E-state index contributed by atoms with van der Waals surface area (Å²) in [5, 5.41) is 12.7. The van der Waals surface area contributed by atoms with Crippen molar-refractivity contribution in [3.8, 4) is 0 Å². The number of hydrogen-bond acceptors (Lipinski definition) is 4. The van der Waals surface area contributed by atoms with Crippen molar-refractivity contribution in [3.05, 3.63) is 39.6 Å². The van der Waals surface area contributed by atoms with Crippen LogP contribution in [0.2, 0.25) is 5.02 Å². The smallest absolute Gasteiger partial charge is 0.205 e. The van der Waals surface area contributed by atoms with Crippen LogP contribution >= 0.6 is 22.9 Å². The lowest BCUT2D eigenvalue weighted by molar-refractivity contribution is 0.627. The van der Waals surface area contributed by atoms with E-state index in [4.69, 9.17) is 11.6 Å². The summed E-state index contributed by atoms with van der Waals surface area (Å²) < 4.78 is 12.9. The summed E-state index contributed by atoms with van der Waals surface area (Å²) in [4.78, 5) is 0. The third-order valence-corrected chi connectivity index (χ3v) is 3.04. The summed E-state index contributed by atoms with van der Waals surface area (Å²) in [5.41, 5.74) is 0.902. The van der Waals surface area contributed by atoms with Crippen LogP contribution in [0.5, 0.6) is 0 Å². The summed E-state index contributed by atoms with van der Waals surface area (Å²) in [5.74, 6) is -0.405. The molecule has 0 unspecified atom stereocenters. The standard InChI is InChI=1S/C10H9ClFN3S/c1-6-14-15-10(16-6)13-5-7-2-3-9(12)8(11)4-7/h2-4H,5H2,1H3,(H,13,15). The van der Waals surface area contributed by atoms with Gasteiger partial charge in [-0.3, -0.25) is 0 Å². The zero-order valence-electron chi connectivity index (χ0n) is 8.50. The van der Waals surface area contributed by atoms with Crippen LogP contribution in [0.15, 0.2) is 18.2 Å². The van der Waals surface area contributed by atoms with Crippen LogP contribution in [0, 0.1) is 12.7 Å². The van der Waals surface area contributed by atoms with E-state index in [1.54, 1.807) is 12.1 Å². The Morgan fingerprint density at radius 3 is 2.88 bits per heavy atom. The average Bonchev–Trinajstić information content (AvgIpc) is 2.66. The van der Waals surface area contributed by atoms with Crippen LogP contribution in [0.3, 0.4) is 0 Å². The highest BCUT2D eigenvalue weighted by Crippen LogP contribution is 2.18. The molecule has 0 atom stereocenters. The van der Waals surface area contributed by atoms with Crippen molar-refractivity contribution in [1.82, 2.24) is 10.2 Å². The molecular formula is C10H9ClFN3S. The molecule has 0 aliphatic carbocycles. The quantitative estimate of drug-likeness (QED) is 0.917. The Balaban J connectivity index is 2.02. The van der Waals surface area contributed by atoms with Crippen molar-refractivity contribution in [1.29, 1.82) is 0 Å². The number of hydrogen-bond donors (Lipinski definition) is 1. The number of nitrogens with one attached hydrogen (secondary N) is 1. The van der Waals surface area contributed by atoms with Gasteiger partial charge in [0, 0.05) is 6.54 Å². The number of rotatable bonds is 3. The van der Waals surface area contributed by atoms with Gasteiger partial charge in [-0.1, -0.05) is 29.0 Å². The minimum Gasteiger partial charge on any atom is -0.356 e. The van der Waals surface area contributed by atoms with E-state index in [2.05, 4.69) is 15.5 Å². The zero-order chi connectivity index (χ0) is 11.5. The Morgan fingerprint density at radius 1 is 1.44 bits per heavy atom. The Kier molecular flexibility index (Phi) is 3.36. The van der Waals surface area contributed by atoms with Crippen molar-refractivity contribution < 1.29 is 4.39 Å². The molecule has 0 bridgehead atoms. The molecule has 0 aliphatic rings. The second-order valence-electron chi connectivity index (χ2n) is 3.23. The van der Waals surface area contributed by atoms with E-state index in [0.717, 1.165) is 15.7 Å². The maximum Gasteiger partial charge on any atom is 0.205 e. The predicted molar refractivity (Wildman–Crippen MR) is 63.4 cm³/mol. The highest BCUT2D eigenvalue weighted by Gasteiger charge is 2.02. The first-order valence-corrected chi connectivity index (χ1v) is 5.82. The lowest BCUT2D eigenvalue weighted by atomic mass is 10.2. The number of anilines is 1. The minimum atomic E-state index is -0.405. The molecule has 2 aromatic rings. The van der Waals surface area contributed by atoms with E-state index in [9.17, 15) is 4.39 Å². The molecule has 2 rings (SSSR count). The van der Waals surface area contributed by atoms with Gasteiger partial charge >= 0.3 is 0 Å². The van der Waals surface area contributed by atoms with Crippen LogP contribution in [0.4, 0.5) is 9.52 Å². The normalized spacial score (nSPS) is 10.4.